The van der Waals surface area contributed by atoms with Gasteiger partial charge in [-0.3, -0.25) is 4.57 Å². The molecule has 0 amide bonds. The fourth-order valence-corrected chi connectivity index (χ4v) is 3.34. The number of nitrogens with two attached hydrogens (primary N) is 1. The maximum absolute atomic E-state index is 5.81. The van der Waals surface area contributed by atoms with E-state index in [2.05, 4.69) is 16.5 Å². The van der Waals surface area contributed by atoms with Gasteiger partial charge in [0.15, 0.2) is 4.77 Å². The minimum absolute atomic E-state index is 0.433. The molecule has 84 valence electrons. The van der Waals surface area contributed by atoms with Crippen molar-refractivity contribution in [1.82, 2.24) is 14.8 Å². The van der Waals surface area contributed by atoms with Gasteiger partial charge in [-0.05, 0) is 37.7 Å². The number of rotatable bonds is 2. The molecule has 1 aliphatic rings. The third kappa shape index (κ3) is 2.20. The largest absolute Gasteiger partial charge is 0.368 e. The first kappa shape index (κ1) is 11.0. The summed E-state index contributed by atoms with van der Waals surface area (Å²) < 4.78 is 2.62. The Morgan fingerprint density at radius 2 is 2.40 bits per heavy atom. The summed E-state index contributed by atoms with van der Waals surface area (Å²) >= 11 is 7.13. The number of hydrogen-bond acceptors (Lipinski definition) is 4. The average molecular weight is 244 g/mol. The van der Waals surface area contributed by atoms with Crippen molar-refractivity contribution in [1.29, 1.82) is 0 Å². The molecule has 2 rings (SSSR count). The van der Waals surface area contributed by atoms with Gasteiger partial charge in [0.05, 0.1) is 0 Å². The summed E-state index contributed by atoms with van der Waals surface area (Å²) in [5.74, 6) is 0.520. The van der Waals surface area contributed by atoms with Crippen LogP contribution in [0.5, 0.6) is 0 Å². The molecule has 1 heterocycles. The fourth-order valence-electron chi connectivity index (χ4n) is 2.24. The Kier molecular flexibility index (Phi) is 3.35. The second-order valence-electron chi connectivity index (χ2n) is 3.94. The Hall–Kier alpha value is -0.490. The van der Waals surface area contributed by atoms with Gasteiger partial charge in [-0.1, -0.05) is 6.42 Å². The number of thioether (sulfide) groups is 1. The van der Waals surface area contributed by atoms with E-state index in [-0.39, 0.29) is 0 Å². The molecule has 0 spiro atoms. The third-order valence-corrected chi connectivity index (χ3v) is 4.41. The predicted molar refractivity (Wildman–Crippen MR) is 66.6 cm³/mol. The maximum atomic E-state index is 5.81. The molecule has 1 aromatic rings. The van der Waals surface area contributed by atoms with E-state index in [0.717, 1.165) is 18.1 Å². The van der Waals surface area contributed by atoms with Gasteiger partial charge in [-0.25, -0.2) is 5.10 Å². The van der Waals surface area contributed by atoms with Crippen molar-refractivity contribution in [3.05, 3.63) is 4.77 Å². The molecule has 3 N–H and O–H groups in total. The zero-order valence-electron chi connectivity index (χ0n) is 8.77. The van der Waals surface area contributed by atoms with Crippen LogP contribution in [0, 0.1) is 4.77 Å². The van der Waals surface area contributed by atoms with Gasteiger partial charge < -0.3 is 5.73 Å². The normalized spacial score (nSPS) is 26.7. The zero-order valence-corrected chi connectivity index (χ0v) is 10.4. The molecule has 1 aliphatic carbocycles. The van der Waals surface area contributed by atoms with Crippen LogP contribution in [0.25, 0.3) is 0 Å². The molecule has 4 nitrogen and oxygen atoms in total. The minimum Gasteiger partial charge on any atom is -0.368 e. The van der Waals surface area contributed by atoms with Crippen molar-refractivity contribution in [3.8, 4) is 0 Å². The summed E-state index contributed by atoms with van der Waals surface area (Å²) in [6.07, 6.45) is 7.05. The van der Waals surface area contributed by atoms with E-state index in [1.807, 2.05) is 16.3 Å². The molecule has 0 radical (unpaired) electrons. The Labute approximate surface area is 98.6 Å². The summed E-state index contributed by atoms with van der Waals surface area (Å²) in [5, 5.41) is 7.45. The Bertz CT molecular complexity index is 384. The quantitative estimate of drug-likeness (QED) is 0.784. The van der Waals surface area contributed by atoms with Crippen molar-refractivity contribution in [2.24, 2.45) is 0 Å². The second kappa shape index (κ2) is 4.57. The summed E-state index contributed by atoms with van der Waals surface area (Å²) in [6, 6.07) is 0.433. The first-order chi connectivity index (χ1) is 7.22. The third-order valence-electron chi connectivity index (χ3n) is 3.03. The molecule has 1 fully saturated rings. The highest BCUT2D eigenvalue weighted by Gasteiger charge is 2.24. The second-order valence-corrected chi connectivity index (χ2v) is 5.46. The first-order valence-corrected chi connectivity index (χ1v) is 6.87. The lowest BCUT2D eigenvalue weighted by Gasteiger charge is -2.28. The van der Waals surface area contributed by atoms with Crippen LogP contribution in [-0.2, 0) is 0 Å². The molecule has 6 heteroatoms. The van der Waals surface area contributed by atoms with Crippen LogP contribution in [0.3, 0.4) is 0 Å². The Morgan fingerprint density at radius 1 is 1.60 bits per heavy atom. The van der Waals surface area contributed by atoms with E-state index in [4.69, 9.17) is 18.0 Å². The SMILES string of the molecule is CSC1CCCC(n2c(N)n[nH]c2=S)C1. The number of anilines is 1. The zero-order chi connectivity index (χ0) is 10.8. The number of nitrogens with one attached hydrogen (secondary N) is 1. The number of H-pyrrole nitrogens is 1. The van der Waals surface area contributed by atoms with Gasteiger partial charge in [0, 0.05) is 11.3 Å². The lowest BCUT2D eigenvalue weighted by molar-refractivity contribution is 0.361. The van der Waals surface area contributed by atoms with E-state index in [0.29, 0.717) is 16.8 Å². The van der Waals surface area contributed by atoms with Crippen LogP contribution in [0.2, 0.25) is 0 Å². The molecule has 1 aromatic heterocycles. The summed E-state index contributed by atoms with van der Waals surface area (Å²) in [4.78, 5) is 0. The minimum atomic E-state index is 0.433. The van der Waals surface area contributed by atoms with Gasteiger partial charge >= 0.3 is 0 Å². The number of nitrogens with zero attached hydrogens (tertiary/aromatic N) is 2. The highest BCUT2D eigenvalue weighted by Crippen LogP contribution is 2.34. The lowest BCUT2D eigenvalue weighted by Crippen LogP contribution is -2.21. The molecule has 1 saturated carbocycles. The van der Waals surface area contributed by atoms with Crippen LogP contribution in [0.1, 0.15) is 31.7 Å². The van der Waals surface area contributed by atoms with Gasteiger partial charge in [-0.2, -0.15) is 11.8 Å². The summed E-state index contributed by atoms with van der Waals surface area (Å²) in [5.41, 5.74) is 5.81. The summed E-state index contributed by atoms with van der Waals surface area (Å²) in [6.45, 7) is 0. The molecule has 0 bridgehead atoms. The van der Waals surface area contributed by atoms with Crippen molar-refractivity contribution in [3.63, 3.8) is 0 Å². The van der Waals surface area contributed by atoms with Gasteiger partial charge in [-0.15, -0.1) is 5.10 Å². The van der Waals surface area contributed by atoms with E-state index < -0.39 is 0 Å². The van der Waals surface area contributed by atoms with Crippen molar-refractivity contribution < 1.29 is 0 Å². The van der Waals surface area contributed by atoms with Gasteiger partial charge in [0.2, 0.25) is 5.95 Å². The summed E-state index contributed by atoms with van der Waals surface area (Å²) in [7, 11) is 0. The molecular weight excluding hydrogens is 228 g/mol. The van der Waals surface area contributed by atoms with Gasteiger partial charge in [0.1, 0.15) is 0 Å². The standard InChI is InChI=1S/C9H16N4S2/c1-15-7-4-2-3-6(5-7)13-8(10)11-12-9(13)14/h6-7H,2-5H2,1H3,(H2,10,11)(H,12,14). The van der Waals surface area contributed by atoms with Crippen LogP contribution in [0.4, 0.5) is 5.95 Å². The Balaban J connectivity index is 2.20. The highest BCUT2D eigenvalue weighted by atomic mass is 32.2. The molecule has 15 heavy (non-hydrogen) atoms. The molecular formula is C9H16N4S2. The van der Waals surface area contributed by atoms with Gasteiger partial charge in [0.25, 0.3) is 0 Å². The number of aromatic amines is 1. The van der Waals surface area contributed by atoms with Crippen LogP contribution >= 0.6 is 24.0 Å². The fraction of sp³-hybridized carbons (Fsp3) is 0.778. The van der Waals surface area contributed by atoms with E-state index in [1.54, 1.807) is 0 Å². The number of nitrogen functional groups attached to an aromatic ring is 1. The average Bonchev–Trinajstić information content (AvgIpc) is 2.59. The number of hydrogen-bond donors (Lipinski definition) is 2. The topological polar surface area (TPSA) is 59.6 Å². The Morgan fingerprint density at radius 3 is 3.00 bits per heavy atom. The predicted octanol–water partition coefficient (Wildman–Crippen LogP) is 2.37. The van der Waals surface area contributed by atoms with E-state index >= 15 is 0 Å². The van der Waals surface area contributed by atoms with Crippen LogP contribution < -0.4 is 5.73 Å². The lowest BCUT2D eigenvalue weighted by atomic mass is 9.95. The van der Waals surface area contributed by atoms with Crippen molar-refractivity contribution >= 4 is 29.9 Å². The maximum Gasteiger partial charge on any atom is 0.220 e. The van der Waals surface area contributed by atoms with E-state index in [9.17, 15) is 0 Å². The smallest absolute Gasteiger partial charge is 0.220 e. The van der Waals surface area contributed by atoms with Crippen molar-refractivity contribution in [2.45, 2.75) is 37.0 Å². The molecule has 2 atom stereocenters. The monoisotopic (exact) mass is 244 g/mol. The van der Waals surface area contributed by atoms with Crippen LogP contribution in [0.15, 0.2) is 0 Å². The molecule has 0 aromatic carbocycles. The highest BCUT2D eigenvalue weighted by molar-refractivity contribution is 7.99. The first-order valence-electron chi connectivity index (χ1n) is 5.17. The van der Waals surface area contributed by atoms with Crippen LogP contribution in [-0.4, -0.2) is 26.3 Å². The molecule has 0 saturated heterocycles. The molecule has 2 unspecified atom stereocenters. The number of aromatic nitrogens is 3. The van der Waals surface area contributed by atoms with Crippen molar-refractivity contribution in [2.75, 3.05) is 12.0 Å². The van der Waals surface area contributed by atoms with E-state index in [1.165, 1.54) is 12.8 Å². The molecule has 0 aliphatic heterocycles.